The van der Waals surface area contributed by atoms with E-state index in [1.54, 1.807) is 29.2 Å². The highest BCUT2D eigenvalue weighted by molar-refractivity contribution is 5.97. The molecule has 2 N–H and O–H groups in total. The number of benzene rings is 2. The predicted molar refractivity (Wildman–Crippen MR) is 118 cm³/mol. The van der Waals surface area contributed by atoms with Crippen LogP contribution in [0.2, 0.25) is 0 Å². The second-order valence-electron chi connectivity index (χ2n) is 7.50. The summed E-state index contributed by atoms with van der Waals surface area (Å²) >= 11 is 0. The Labute approximate surface area is 177 Å². The van der Waals surface area contributed by atoms with E-state index in [9.17, 15) is 14.9 Å². The Kier molecular flexibility index (Phi) is 7.23. The molecule has 6 nitrogen and oxygen atoms in total. The molecule has 0 aliphatic carbocycles. The van der Waals surface area contributed by atoms with Gasteiger partial charge in [0.2, 0.25) is 5.91 Å². The summed E-state index contributed by atoms with van der Waals surface area (Å²) in [5, 5.41) is 15.1. The summed E-state index contributed by atoms with van der Waals surface area (Å²) in [5.74, 6) is 0.185. The zero-order valence-corrected chi connectivity index (χ0v) is 17.1. The molecule has 6 heteroatoms. The van der Waals surface area contributed by atoms with Crippen LogP contribution in [0.3, 0.4) is 0 Å². The normalized spacial score (nSPS) is 14.7. The maximum atomic E-state index is 12.7. The lowest BCUT2D eigenvalue weighted by atomic mass is 9.90. The highest BCUT2D eigenvalue weighted by Crippen LogP contribution is 2.23. The molecule has 0 saturated carbocycles. The van der Waals surface area contributed by atoms with Gasteiger partial charge in [-0.3, -0.25) is 9.59 Å². The van der Waals surface area contributed by atoms with E-state index in [-0.39, 0.29) is 17.4 Å². The van der Waals surface area contributed by atoms with Gasteiger partial charge >= 0.3 is 0 Å². The molecule has 154 valence electrons. The highest BCUT2D eigenvalue weighted by atomic mass is 16.2. The number of piperidine rings is 1. The van der Waals surface area contributed by atoms with Crippen molar-refractivity contribution in [3.8, 4) is 6.07 Å². The molecule has 30 heavy (non-hydrogen) atoms. The maximum absolute atomic E-state index is 12.7. The van der Waals surface area contributed by atoms with Gasteiger partial charge in [-0.15, -0.1) is 0 Å². The van der Waals surface area contributed by atoms with Crippen molar-refractivity contribution in [2.45, 2.75) is 26.2 Å². The second-order valence-corrected chi connectivity index (χ2v) is 7.50. The lowest BCUT2D eigenvalue weighted by Crippen LogP contribution is -2.39. The van der Waals surface area contributed by atoms with Crippen LogP contribution in [0.25, 0.3) is 0 Å². The lowest BCUT2D eigenvalue weighted by Gasteiger charge is -2.32. The molecule has 2 aromatic rings. The van der Waals surface area contributed by atoms with Gasteiger partial charge in [-0.2, -0.15) is 5.26 Å². The summed E-state index contributed by atoms with van der Waals surface area (Å²) in [6.45, 7) is 2.78. The minimum absolute atomic E-state index is 0.0856. The van der Waals surface area contributed by atoms with Crippen molar-refractivity contribution < 1.29 is 9.59 Å². The summed E-state index contributed by atoms with van der Waals surface area (Å²) in [6, 6.07) is 19.5. The standard InChI is InChI=1S/C24H26N4O2/c1-18(29)27-23-9-7-22(8-10-23)26-17-21(16-25)24(30)28-13-11-20(12-14-28)15-19-5-3-2-4-6-19/h2-10,17,20,26H,11-15H2,1H3,(H,27,29)/b21-17-. The molecular formula is C24H26N4O2. The van der Waals surface area contributed by atoms with E-state index in [2.05, 4.69) is 34.9 Å². The van der Waals surface area contributed by atoms with Gasteiger partial charge in [-0.05, 0) is 55.0 Å². The third-order valence-corrected chi connectivity index (χ3v) is 5.21. The molecule has 2 amide bonds. The zero-order chi connectivity index (χ0) is 21.3. The minimum Gasteiger partial charge on any atom is -0.360 e. The van der Waals surface area contributed by atoms with Crippen molar-refractivity contribution in [1.82, 2.24) is 4.90 Å². The average Bonchev–Trinajstić information content (AvgIpc) is 2.76. The number of nitrogens with one attached hydrogen (secondary N) is 2. The summed E-state index contributed by atoms with van der Waals surface area (Å²) in [7, 11) is 0. The van der Waals surface area contributed by atoms with E-state index in [1.165, 1.54) is 18.7 Å². The average molecular weight is 402 g/mol. The Balaban J connectivity index is 1.53. The first-order valence-electron chi connectivity index (χ1n) is 10.1. The van der Waals surface area contributed by atoms with E-state index in [0.29, 0.717) is 24.7 Å². The van der Waals surface area contributed by atoms with Crippen molar-refractivity contribution in [1.29, 1.82) is 5.26 Å². The van der Waals surface area contributed by atoms with Gasteiger partial charge in [0, 0.05) is 37.6 Å². The fourth-order valence-corrected chi connectivity index (χ4v) is 3.61. The molecule has 3 rings (SSSR count). The third kappa shape index (κ3) is 5.95. The van der Waals surface area contributed by atoms with Crippen LogP contribution in [0.5, 0.6) is 0 Å². The Morgan fingerprint density at radius 1 is 1.07 bits per heavy atom. The Morgan fingerprint density at radius 2 is 1.70 bits per heavy atom. The van der Waals surface area contributed by atoms with E-state index >= 15 is 0 Å². The van der Waals surface area contributed by atoms with Crippen LogP contribution in [0.1, 0.15) is 25.3 Å². The van der Waals surface area contributed by atoms with Crippen LogP contribution >= 0.6 is 0 Å². The number of anilines is 2. The molecule has 1 aliphatic rings. The van der Waals surface area contributed by atoms with Crippen LogP contribution in [0.4, 0.5) is 11.4 Å². The van der Waals surface area contributed by atoms with Crippen molar-refractivity contribution in [2.75, 3.05) is 23.7 Å². The topological polar surface area (TPSA) is 85.2 Å². The summed E-state index contributed by atoms with van der Waals surface area (Å²) in [4.78, 5) is 25.6. The molecule has 0 unspecified atom stereocenters. The van der Waals surface area contributed by atoms with E-state index in [1.807, 2.05) is 12.1 Å². The maximum Gasteiger partial charge on any atom is 0.266 e. The van der Waals surface area contributed by atoms with Gasteiger partial charge in [0.15, 0.2) is 0 Å². The predicted octanol–water partition coefficient (Wildman–Crippen LogP) is 3.95. The minimum atomic E-state index is -0.238. The fourth-order valence-electron chi connectivity index (χ4n) is 3.61. The van der Waals surface area contributed by atoms with E-state index in [4.69, 9.17) is 0 Å². The highest BCUT2D eigenvalue weighted by Gasteiger charge is 2.25. The molecule has 0 radical (unpaired) electrons. The largest absolute Gasteiger partial charge is 0.360 e. The summed E-state index contributed by atoms with van der Waals surface area (Å²) in [6.07, 6.45) is 4.36. The van der Waals surface area contributed by atoms with Crippen LogP contribution in [0, 0.1) is 17.2 Å². The smallest absolute Gasteiger partial charge is 0.266 e. The Bertz CT molecular complexity index is 937. The number of hydrogen-bond acceptors (Lipinski definition) is 4. The SMILES string of the molecule is CC(=O)Nc1ccc(N/C=C(/C#N)C(=O)N2CCC(Cc3ccccc3)CC2)cc1. The van der Waals surface area contributed by atoms with Crippen LogP contribution in [-0.2, 0) is 16.0 Å². The van der Waals surface area contributed by atoms with Crippen molar-refractivity contribution in [3.05, 3.63) is 71.9 Å². The lowest BCUT2D eigenvalue weighted by molar-refractivity contribution is -0.128. The molecule has 1 aliphatic heterocycles. The number of carbonyl (C=O) groups excluding carboxylic acids is 2. The molecule has 1 heterocycles. The molecule has 0 spiro atoms. The second kappa shape index (κ2) is 10.3. The van der Waals surface area contributed by atoms with Crippen molar-refractivity contribution in [3.63, 3.8) is 0 Å². The van der Waals surface area contributed by atoms with Crippen LogP contribution in [-0.4, -0.2) is 29.8 Å². The Morgan fingerprint density at radius 3 is 2.30 bits per heavy atom. The third-order valence-electron chi connectivity index (χ3n) is 5.21. The summed E-state index contributed by atoms with van der Waals surface area (Å²) in [5.41, 5.74) is 2.83. The number of nitrogens with zero attached hydrogens (tertiary/aromatic N) is 2. The number of carbonyl (C=O) groups is 2. The van der Waals surface area contributed by atoms with Crippen molar-refractivity contribution >= 4 is 23.2 Å². The van der Waals surface area contributed by atoms with Gasteiger partial charge < -0.3 is 15.5 Å². The number of amides is 2. The molecule has 2 aromatic carbocycles. The molecule has 0 aromatic heterocycles. The zero-order valence-electron chi connectivity index (χ0n) is 17.1. The van der Waals surface area contributed by atoms with Gasteiger partial charge in [-0.25, -0.2) is 0 Å². The van der Waals surface area contributed by atoms with Crippen LogP contribution in [0.15, 0.2) is 66.4 Å². The number of hydrogen-bond donors (Lipinski definition) is 2. The molecule has 1 fully saturated rings. The molecule has 1 saturated heterocycles. The quantitative estimate of drug-likeness (QED) is 0.566. The van der Waals surface area contributed by atoms with Gasteiger partial charge in [0.05, 0.1) is 0 Å². The van der Waals surface area contributed by atoms with Gasteiger partial charge in [-0.1, -0.05) is 30.3 Å². The fraction of sp³-hybridized carbons (Fsp3) is 0.292. The number of rotatable bonds is 6. The first kappa shape index (κ1) is 21.1. The Hall–Kier alpha value is -3.59. The van der Waals surface area contributed by atoms with Crippen LogP contribution < -0.4 is 10.6 Å². The summed E-state index contributed by atoms with van der Waals surface area (Å²) < 4.78 is 0. The van der Waals surface area contributed by atoms with E-state index < -0.39 is 0 Å². The van der Waals surface area contributed by atoms with Gasteiger partial charge in [0.25, 0.3) is 5.91 Å². The first-order valence-corrected chi connectivity index (χ1v) is 10.1. The number of nitriles is 1. The number of likely N-dealkylation sites (tertiary alicyclic amines) is 1. The first-order chi connectivity index (χ1) is 14.5. The van der Waals surface area contributed by atoms with E-state index in [0.717, 1.165) is 24.9 Å². The molecular weight excluding hydrogens is 376 g/mol. The monoisotopic (exact) mass is 402 g/mol. The molecule has 0 bridgehead atoms. The van der Waals surface area contributed by atoms with Gasteiger partial charge in [0.1, 0.15) is 11.6 Å². The van der Waals surface area contributed by atoms with Crippen molar-refractivity contribution in [2.24, 2.45) is 5.92 Å². The molecule has 0 atom stereocenters.